The number of pyridine rings is 1. The molecule has 1 aromatic carbocycles. The number of aromatic nitrogens is 3. The summed E-state index contributed by atoms with van der Waals surface area (Å²) in [5, 5.41) is 6.76. The number of halogens is 1. The molecule has 1 saturated heterocycles. The van der Waals surface area contributed by atoms with Gasteiger partial charge in [-0.1, -0.05) is 18.2 Å². The molecule has 1 aliphatic heterocycles. The van der Waals surface area contributed by atoms with Crippen molar-refractivity contribution in [3.05, 3.63) is 71.4 Å². The summed E-state index contributed by atoms with van der Waals surface area (Å²) in [6.07, 6.45) is 3.46. The number of amides is 1. The summed E-state index contributed by atoms with van der Waals surface area (Å²) >= 11 is 0. The first-order valence-corrected chi connectivity index (χ1v) is 9.14. The predicted molar refractivity (Wildman–Crippen MR) is 101 cm³/mol. The lowest BCUT2D eigenvalue weighted by molar-refractivity contribution is 0.0705. The van der Waals surface area contributed by atoms with Gasteiger partial charge in [-0.2, -0.15) is 5.10 Å². The Balaban J connectivity index is 1.57. The fraction of sp³-hybridized carbons (Fsp3) is 0.286. The van der Waals surface area contributed by atoms with E-state index in [1.165, 1.54) is 6.07 Å². The van der Waals surface area contributed by atoms with Crippen LogP contribution in [0.2, 0.25) is 0 Å². The first kappa shape index (κ1) is 17.4. The maximum absolute atomic E-state index is 14.1. The molecule has 1 aliphatic rings. The molecule has 3 aromatic rings. The Kier molecular flexibility index (Phi) is 4.71. The van der Waals surface area contributed by atoms with Crippen molar-refractivity contribution in [1.29, 1.82) is 0 Å². The largest absolute Gasteiger partial charge is 0.338 e. The first-order valence-electron chi connectivity index (χ1n) is 9.14. The van der Waals surface area contributed by atoms with E-state index in [1.807, 2.05) is 30.0 Å². The maximum Gasteiger partial charge on any atom is 0.257 e. The summed E-state index contributed by atoms with van der Waals surface area (Å²) in [7, 11) is 0. The van der Waals surface area contributed by atoms with Crippen LogP contribution in [0.25, 0.3) is 11.3 Å². The lowest BCUT2D eigenvalue weighted by atomic mass is 9.93. The second kappa shape index (κ2) is 7.31. The molecule has 0 unspecified atom stereocenters. The minimum atomic E-state index is -0.280. The zero-order chi connectivity index (χ0) is 18.8. The number of rotatable bonds is 3. The number of nitrogens with one attached hydrogen (secondary N) is 1. The van der Waals surface area contributed by atoms with E-state index in [9.17, 15) is 9.18 Å². The van der Waals surface area contributed by atoms with Crippen molar-refractivity contribution < 1.29 is 9.18 Å². The minimum absolute atomic E-state index is 0.00351. The third-order valence-electron chi connectivity index (χ3n) is 5.11. The monoisotopic (exact) mass is 364 g/mol. The Bertz CT molecular complexity index is 968. The van der Waals surface area contributed by atoms with Gasteiger partial charge in [0.2, 0.25) is 0 Å². The number of hydrogen-bond donors (Lipinski definition) is 1. The molecule has 1 atom stereocenters. The van der Waals surface area contributed by atoms with Crippen LogP contribution in [-0.4, -0.2) is 39.1 Å². The van der Waals surface area contributed by atoms with Gasteiger partial charge >= 0.3 is 0 Å². The van der Waals surface area contributed by atoms with Gasteiger partial charge in [-0.3, -0.25) is 14.9 Å². The number of nitrogens with zero attached hydrogens (tertiary/aromatic N) is 3. The highest BCUT2D eigenvalue weighted by molar-refractivity contribution is 5.95. The van der Waals surface area contributed by atoms with Crippen molar-refractivity contribution >= 4 is 5.91 Å². The molecule has 2 aromatic heterocycles. The van der Waals surface area contributed by atoms with E-state index in [-0.39, 0.29) is 17.6 Å². The highest BCUT2D eigenvalue weighted by Gasteiger charge is 2.27. The molecule has 27 heavy (non-hydrogen) atoms. The number of carbonyl (C=O) groups is 1. The van der Waals surface area contributed by atoms with Crippen LogP contribution in [0.4, 0.5) is 4.39 Å². The van der Waals surface area contributed by atoms with Crippen molar-refractivity contribution in [2.75, 3.05) is 13.1 Å². The van der Waals surface area contributed by atoms with Gasteiger partial charge < -0.3 is 4.90 Å². The SMILES string of the molecule is Cc1[nH]ncc1C(=O)N1CCC[C@@H](c2cccc(-c3ccccc3F)n2)C1. The summed E-state index contributed by atoms with van der Waals surface area (Å²) in [6, 6.07) is 12.4. The lowest BCUT2D eigenvalue weighted by Gasteiger charge is -2.32. The second-order valence-electron chi connectivity index (χ2n) is 6.93. The number of benzene rings is 1. The smallest absolute Gasteiger partial charge is 0.257 e. The van der Waals surface area contributed by atoms with Gasteiger partial charge in [-0.25, -0.2) is 4.39 Å². The summed E-state index contributed by atoms with van der Waals surface area (Å²) in [5.41, 5.74) is 3.42. The van der Waals surface area contributed by atoms with Gasteiger partial charge in [-0.15, -0.1) is 0 Å². The van der Waals surface area contributed by atoms with E-state index >= 15 is 0 Å². The van der Waals surface area contributed by atoms with E-state index in [0.29, 0.717) is 23.4 Å². The van der Waals surface area contributed by atoms with Gasteiger partial charge in [0.1, 0.15) is 5.82 Å². The van der Waals surface area contributed by atoms with E-state index in [1.54, 1.807) is 24.4 Å². The van der Waals surface area contributed by atoms with Crippen LogP contribution < -0.4 is 0 Å². The first-order chi connectivity index (χ1) is 13.1. The number of piperidine rings is 1. The molecule has 0 bridgehead atoms. The van der Waals surface area contributed by atoms with Crippen LogP contribution in [-0.2, 0) is 0 Å². The Morgan fingerprint density at radius 3 is 2.85 bits per heavy atom. The normalized spacial score (nSPS) is 17.1. The third-order valence-corrected chi connectivity index (χ3v) is 5.11. The average Bonchev–Trinajstić information content (AvgIpc) is 3.14. The molecule has 0 spiro atoms. The molecular formula is C21H21FN4O. The van der Waals surface area contributed by atoms with Crippen molar-refractivity contribution in [2.45, 2.75) is 25.7 Å². The molecule has 0 radical (unpaired) electrons. The lowest BCUT2D eigenvalue weighted by Crippen LogP contribution is -2.39. The number of hydrogen-bond acceptors (Lipinski definition) is 3. The second-order valence-corrected chi connectivity index (χ2v) is 6.93. The van der Waals surface area contributed by atoms with Crippen molar-refractivity contribution in [1.82, 2.24) is 20.1 Å². The maximum atomic E-state index is 14.1. The fourth-order valence-corrected chi connectivity index (χ4v) is 3.64. The van der Waals surface area contributed by atoms with Crippen LogP contribution in [0.1, 0.15) is 40.5 Å². The molecule has 1 fully saturated rings. The Morgan fingerprint density at radius 2 is 2.07 bits per heavy atom. The number of aryl methyl sites for hydroxylation is 1. The highest BCUT2D eigenvalue weighted by atomic mass is 19.1. The average molecular weight is 364 g/mol. The van der Waals surface area contributed by atoms with Crippen LogP contribution >= 0.6 is 0 Å². The van der Waals surface area contributed by atoms with E-state index in [0.717, 1.165) is 30.8 Å². The molecule has 4 rings (SSSR count). The minimum Gasteiger partial charge on any atom is -0.338 e. The summed E-state index contributed by atoms with van der Waals surface area (Å²) in [6.45, 7) is 3.19. The summed E-state index contributed by atoms with van der Waals surface area (Å²) in [5.74, 6) is -0.143. The summed E-state index contributed by atoms with van der Waals surface area (Å²) in [4.78, 5) is 19.4. The molecule has 0 saturated carbocycles. The van der Waals surface area contributed by atoms with Gasteiger partial charge in [0.25, 0.3) is 5.91 Å². The van der Waals surface area contributed by atoms with Crippen molar-refractivity contribution in [3.63, 3.8) is 0 Å². The van der Waals surface area contributed by atoms with Crippen LogP contribution in [0.3, 0.4) is 0 Å². The Hall–Kier alpha value is -3.02. The Labute approximate surface area is 157 Å². The molecule has 138 valence electrons. The standard InChI is InChI=1S/C21H21FN4O/c1-14-17(12-23-25-14)21(27)26-11-5-6-15(13-26)19-9-4-10-20(24-19)16-7-2-3-8-18(16)22/h2-4,7-10,12,15H,5-6,11,13H2,1H3,(H,23,25)/t15-/m1/s1. The van der Waals surface area contributed by atoms with Gasteiger partial charge in [-0.05, 0) is 44.0 Å². The van der Waals surface area contributed by atoms with Gasteiger partial charge in [0, 0.05) is 36.0 Å². The molecule has 6 heteroatoms. The predicted octanol–water partition coefficient (Wildman–Crippen LogP) is 3.94. The molecule has 5 nitrogen and oxygen atoms in total. The van der Waals surface area contributed by atoms with Crippen molar-refractivity contribution in [2.24, 2.45) is 0 Å². The number of carbonyl (C=O) groups excluding carboxylic acids is 1. The van der Waals surface area contributed by atoms with Crippen LogP contribution in [0.15, 0.2) is 48.7 Å². The van der Waals surface area contributed by atoms with E-state index in [4.69, 9.17) is 4.98 Å². The zero-order valence-corrected chi connectivity index (χ0v) is 15.2. The van der Waals surface area contributed by atoms with E-state index in [2.05, 4.69) is 10.2 Å². The molecule has 3 heterocycles. The van der Waals surface area contributed by atoms with Gasteiger partial charge in [0.15, 0.2) is 0 Å². The fourth-order valence-electron chi connectivity index (χ4n) is 3.64. The quantitative estimate of drug-likeness (QED) is 0.766. The number of H-pyrrole nitrogens is 1. The molecule has 1 amide bonds. The topological polar surface area (TPSA) is 61.9 Å². The van der Waals surface area contributed by atoms with Crippen molar-refractivity contribution in [3.8, 4) is 11.3 Å². The number of likely N-dealkylation sites (tertiary alicyclic amines) is 1. The summed E-state index contributed by atoms with van der Waals surface area (Å²) < 4.78 is 14.1. The Morgan fingerprint density at radius 1 is 1.22 bits per heavy atom. The van der Waals surface area contributed by atoms with Crippen LogP contribution in [0.5, 0.6) is 0 Å². The number of aromatic amines is 1. The zero-order valence-electron chi connectivity index (χ0n) is 15.2. The van der Waals surface area contributed by atoms with Gasteiger partial charge in [0.05, 0.1) is 17.5 Å². The van der Waals surface area contributed by atoms with Crippen LogP contribution in [0, 0.1) is 12.7 Å². The van der Waals surface area contributed by atoms with E-state index < -0.39 is 0 Å². The molecule has 1 N–H and O–H groups in total. The molecule has 0 aliphatic carbocycles. The highest BCUT2D eigenvalue weighted by Crippen LogP contribution is 2.29. The molecular weight excluding hydrogens is 343 g/mol. The third kappa shape index (κ3) is 3.47.